The number of nitro groups is 1. The normalized spacial score (nSPS) is 10.3. The quantitative estimate of drug-likeness (QED) is 0.334. The average Bonchev–Trinajstić information content (AvgIpc) is 2.27. The second-order valence-electron chi connectivity index (χ2n) is 2.78. The monoisotopic (exact) mass is 222 g/mol. The molecule has 0 saturated carbocycles. The molecule has 0 amide bonds. The second-order valence-corrected chi connectivity index (χ2v) is 2.78. The van der Waals surface area contributed by atoms with Crippen LogP contribution in [0.15, 0.2) is 24.4 Å². The Kier molecular flexibility index (Phi) is 4.14. The smallest absolute Gasteiger partial charge is 0.330 e. The van der Waals surface area contributed by atoms with Gasteiger partial charge in [0.1, 0.15) is 6.20 Å². The maximum absolute atomic E-state index is 10.9. The molecule has 0 atom stereocenters. The lowest BCUT2D eigenvalue weighted by Crippen LogP contribution is -1.98. The molecule has 0 unspecified atom stereocenters. The van der Waals surface area contributed by atoms with Gasteiger partial charge in [0.15, 0.2) is 0 Å². The third-order valence-corrected chi connectivity index (χ3v) is 1.66. The zero-order valence-corrected chi connectivity index (χ0v) is 8.62. The predicted molar refractivity (Wildman–Crippen MR) is 56.6 cm³/mol. The van der Waals surface area contributed by atoms with Gasteiger partial charge in [0.05, 0.1) is 17.2 Å². The Bertz CT molecular complexity index is 411. The standard InChI is InChI=1S/C10H10N2O4/c1-2-16-10(13)6-4-8-3-5-9(7-11-8)12(14)15/h3-7H,2H2,1H3. The fourth-order valence-electron chi connectivity index (χ4n) is 0.948. The highest BCUT2D eigenvalue weighted by Crippen LogP contribution is 2.09. The van der Waals surface area contributed by atoms with Crippen molar-refractivity contribution >= 4 is 17.7 Å². The third kappa shape index (κ3) is 3.49. The summed E-state index contributed by atoms with van der Waals surface area (Å²) in [6.07, 6.45) is 3.78. The number of hydrogen-bond donors (Lipinski definition) is 0. The number of esters is 1. The molecule has 0 fully saturated rings. The van der Waals surface area contributed by atoms with Gasteiger partial charge in [-0.05, 0) is 19.1 Å². The van der Waals surface area contributed by atoms with Crippen molar-refractivity contribution in [2.45, 2.75) is 6.92 Å². The number of carbonyl (C=O) groups is 1. The minimum absolute atomic E-state index is 0.0896. The highest BCUT2D eigenvalue weighted by atomic mass is 16.6. The molecule has 1 heterocycles. The molecule has 0 aromatic carbocycles. The van der Waals surface area contributed by atoms with Gasteiger partial charge in [-0.3, -0.25) is 10.1 Å². The Morgan fingerprint density at radius 3 is 2.88 bits per heavy atom. The van der Waals surface area contributed by atoms with E-state index in [9.17, 15) is 14.9 Å². The van der Waals surface area contributed by atoms with Gasteiger partial charge < -0.3 is 4.74 Å². The van der Waals surface area contributed by atoms with Gasteiger partial charge in [0.25, 0.3) is 5.69 Å². The minimum Gasteiger partial charge on any atom is -0.463 e. The Labute approximate surface area is 91.7 Å². The van der Waals surface area contributed by atoms with Gasteiger partial charge in [-0.15, -0.1) is 0 Å². The first-order chi connectivity index (χ1) is 7.63. The molecule has 0 aliphatic rings. The van der Waals surface area contributed by atoms with Crippen molar-refractivity contribution in [1.29, 1.82) is 0 Å². The van der Waals surface area contributed by atoms with E-state index < -0.39 is 10.9 Å². The van der Waals surface area contributed by atoms with Crippen LogP contribution in [-0.2, 0) is 9.53 Å². The summed E-state index contributed by atoms with van der Waals surface area (Å²) in [6, 6.07) is 2.77. The SMILES string of the molecule is CCOC(=O)C=Cc1ccc([N+](=O)[O-])cn1. The molecular formula is C10H10N2O4. The molecule has 0 saturated heterocycles. The summed E-state index contributed by atoms with van der Waals surface area (Å²) in [6.45, 7) is 2.01. The van der Waals surface area contributed by atoms with Crippen molar-refractivity contribution in [3.8, 4) is 0 Å². The molecule has 0 aliphatic carbocycles. The number of ether oxygens (including phenoxy) is 1. The highest BCUT2D eigenvalue weighted by molar-refractivity contribution is 5.86. The summed E-state index contributed by atoms with van der Waals surface area (Å²) in [5.41, 5.74) is 0.368. The molecule has 6 nitrogen and oxygen atoms in total. The summed E-state index contributed by atoms with van der Waals surface area (Å²) < 4.78 is 4.66. The van der Waals surface area contributed by atoms with Crippen molar-refractivity contribution in [2.24, 2.45) is 0 Å². The van der Waals surface area contributed by atoms with E-state index in [0.717, 1.165) is 6.20 Å². The van der Waals surface area contributed by atoms with Crippen LogP contribution in [0.25, 0.3) is 6.08 Å². The zero-order chi connectivity index (χ0) is 12.0. The lowest BCUT2D eigenvalue weighted by atomic mass is 10.3. The number of aromatic nitrogens is 1. The van der Waals surface area contributed by atoms with Crippen molar-refractivity contribution in [2.75, 3.05) is 6.61 Å². The van der Waals surface area contributed by atoms with Crippen LogP contribution in [0.4, 0.5) is 5.69 Å². The number of pyridine rings is 1. The zero-order valence-electron chi connectivity index (χ0n) is 8.62. The number of hydrogen-bond acceptors (Lipinski definition) is 5. The number of carbonyl (C=O) groups excluding carboxylic acids is 1. The van der Waals surface area contributed by atoms with Crippen LogP contribution in [0.3, 0.4) is 0 Å². The van der Waals surface area contributed by atoms with Crippen LogP contribution in [0.2, 0.25) is 0 Å². The van der Waals surface area contributed by atoms with Crippen LogP contribution in [-0.4, -0.2) is 22.5 Å². The van der Waals surface area contributed by atoms with E-state index in [2.05, 4.69) is 9.72 Å². The minimum atomic E-state index is -0.536. The molecule has 0 aliphatic heterocycles. The average molecular weight is 222 g/mol. The molecule has 1 rings (SSSR count). The van der Waals surface area contributed by atoms with Crippen LogP contribution in [0.1, 0.15) is 12.6 Å². The third-order valence-electron chi connectivity index (χ3n) is 1.66. The van der Waals surface area contributed by atoms with E-state index in [1.165, 1.54) is 24.3 Å². The van der Waals surface area contributed by atoms with E-state index in [1.54, 1.807) is 6.92 Å². The first kappa shape index (κ1) is 11.8. The first-order valence-electron chi connectivity index (χ1n) is 4.58. The maximum atomic E-state index is 10.9. The molecule has 6 heteroatoms. The number of rotatable bonds is 4. The fourth-order valence-corrected chi connectivity index (χ4v) is 0.948. The van der Waals surface area contributed by atoms with Crippen molar-refractivity contribution in [3.63, 3.8) is 0 Å². The van der Waals surface area contributed by atoms with Gasteiger partial charge in [0.2, 0.25) is 0 Å². The molecule has 84 valence electrons. The molecule has 0 bridgehead atoms. The summed E-state index contributed by atoms with van der Waals surface area (Å²) in [5.74, 6) is -0.470. The van der Waals surface area contributed by atoms with Crippen LogP contribution in [0, 0.1) is 10.1 Å². The summed E-state index contributed by atoms with van der Waals surface area (Å²) in [4.78, 5) is 24.5. The first-order valence-corrected chi connectivity index (χ1v) is 4.58. The van der Waals surface area contributed by atoms with Crippen molar-refractivity contribution < 1.29 is 14.5 Å². The van der Waals surface area contributed by atoms with Crippen molar-refractivity contribution in [1.82, 2.24) is 4.98 Å². The van der Waals surface area contributed by atoms with Gasteiger partial charge in [-0.25, -0.2) is 9.78 Å². The van der Waals surface area contributed by atoms with E-state index >= 15 is 0 Å². The fraction of sp³-hybridized carbons (Fsp3) is 0.200. The van der Waals surface area contributed by atoms with Crippen LogP contribution < -0.4 is 0 Å². The Hall–Kier alpha value is -2.24. The van der Waals surface area contributed by atoms with Gasteiger partial charge >= 0.3 is 5.97 Å². The van der Waals surface area contributed by atoms with Gasteiger partial charge in [-0.1, -0.05) is 0 Å². The Morgan fingerprint density at radius 1 is 1.62 bits per heavy atom. The van der Waals surface area contributed by atoms with Crippen molar-refractivity contribution in [3.05, 3.63) is 40.2 Å². The molecule has 0 N–H and O–H groups in total. The molecule has 1 aromatic heterocycles. The molecule has 1 aromatic rings. The Morgan fingerprint density at radius 2 is 2.38 bits per heavy atom. The molecule has 0 spiro atoms. The lowest BCUT2D eigenvalue weighted by Gasteiger charge is -1.95. The Balaban J connectivity index is 2.68. The summed E-state index contributed by atoms with van der Waals surface area (Å²) >= 11 is 0. The van der Waals surface area contributed by atoms with Gasteiger partial charge in [0, 0.05) is 12.1 Å². The van der Waals surface area contributed by atoms with E-state index in [4.69, 9.17) is 0 Å². The van der Waals surface area contributed by atoms with Gasteiger partial charge in [-0.2, -0.15) is 0 Å². The van der Waals surface area contributed by atoms with E-state index in [1.807, 2.05) is 0 Å². The highest BCUT2D eigenvalue weighted by Gasteiger charge is 2.03. The van der Waals surface area contributed by atoms with Crippen LogP contribution in [0.5, 0.6) is 0 Å². The topological polar surface area (TPSA) is 82.3 Å². The summed E-state index contributed by atoms with van der Waals surface area (Å²) in [7, 11) is 0. The second kappa shape index (κ2) is 5.59. The van der Waals surface area contributed by atoms with Crippen LogP contribution >= 0.6 is 0 Å². The summed E-state index contributed by atoms with van der Waals surface area (Å²) in [5, 5.41) is 10.3. The lowest BCUT2D eigenvalue weighted by molar-refractivity contribution is -0.385. The van der Waals surface area contributed by atoms with E-state index in [0.29, 0.717) is 12.3 Å². The molecule has 16 heavy (non-hydrogen) atoms. The molecule has 0 radical (unpaired) electrons. The largest absolute Gasteiger partial charge is 0.463 e. The predicted octanol–water partition coefficient (Wildman–Crippen LogP) is 1.57. The maximum Gasteiger partial charge on any atom is 0.330 e. The van der Waals surface area contributed by atoms with E-state index in [-0.39, 0.29) is 5.69 Å². The number of nitrogens with zero attached hydrogens (tertiary/aromatic N) is 2. The molecular weight excluding hydrogens is 212 g/mol.